The fourth-order valence-electron chi connectivity index (χ4n) is 3.88. The zero-order valence-corrected chi connectivity index (χ0v) is 16.1. The molecule has 0 aromatic heterocycles. The fraction of sp³-hybridized carbons (Fsp3) is 0.292. The number of hydrogen-bond acceptors (Lipinski definition) is 5. The van der Waals surface area contributed by atoms with Gasteiger partial charge in [-0.3, -0.25) is 4.79 Å². The Bertz CT molecular complexity index is 938. The molecule has 0 spiro atoms. The van der Waals surface area contributed by atoms with Crippen molar-refractivity contribution >= 4 is 17.9 Å². The molecule has 0 bridgehead atoms. The van der Waals surface area contributed by atoms with Crippen LogP contribution in [0, 0.1) is 0 Å². The van der Waals surface area contributed by atoms with E-state index in [0.717, 1.165) is 64.5 Å². The lowest BCUT2D eigenvalue weighted by Crippen LogP contribution is -2.15. The Morgan fingerprint density at radius 1 is 0.621 bits per heavy atom. The average molecular weight is 390 g/mol. The van der Waals surface area contributed by atoms with E-state index in [4.69, 9.17) is 18.9 Å². The molecule has 1 fully saturated rings. The number of carbonyl (C=O) groups is 1. The summed E-state index contributed by atoms with van der Waals surface area (Å²) in [7, 11) is 0. The Morgan fingerprint density at radius 3 is 1.55 bits per heavy atom. The van der Waals surface area contributed by atoms with Crippen molar-refractivity contribution in [2.24, 2.45) is 0 Å². The summed E-state index contributed by atoms with van der Waals surface area (Å²) in [5.41, 5.74) is 3.57. The summed E-state index contributed by atoms with van der Waals surface area (Å²) >= 11 is 0. The second kappa shape index (κ2) is 7.66. The number of hydrogen-bond donors (Lipinski definition) is 0. The van der Waals surface area contributed by atoms with Gasteiger partial charge in [-0.25, -0.2) is 0 Å². The van der Waals surface area contributed by atoms with Gasteiger partial charge in [0.05, 0.1) is 0 Å². The van der Waals surface area contributed by atoms with Gasteiger partial charge in [-0.1, -0.05) is 12.1 Å². The minimum Gasteiger partial charge on any atom is -0.486 e. The minimum atomic E-state index is 0.112. The third kappa shape index (κ3) is 3.73. The second-order valence-electron chi connectivity index (χ2n) is 7.33. The van der Waals surface area contributed by atoms with Gasteiger partial charge in [0.25, 0.3) is 0 Å². The molecular formula is C24H22O5. The molecule has 1 aliphatic carbocycles. The normalized spacial score (nSPS) is 20.8. The van der Waals surface area contributed by atoms with E-state index in [9.17, 15) is 4.79 Å². The summed E-state index contributed by atoms with van der Waals surface area (Å²) in [5, 5.41) is 0. The summed E-state index contributed by atoms with van der Waals surface area (Å²) < 4.78 is 22.4. The highest BCUT2D eigenvalue weighted by atomic mass is 16.6. The Morgan fingerprint density at radius 2 is 1.07 bits per heavy atom. The summed E-state index contributed by atoms with van der Waals surface area (Å²) in [6.45, 7) is 2.24. The highest BCUT2D eigenvalue weighted by Gasteiger charge is 2.21. The Kier molecular flexibility index (Phi) is 4.72. The molecule has 3 aliphatic rings. The molecule has 2 aliphatic heterocycles. The lowest BCUT2D eigenvalue weighted by atomic mass is 9.87. The molecule has 0 saturated heterocycles. The van der Waals surface area contributed by atoms with Crippen LogP contribution in [0.25, 0.3) is 12.2 Å². The largest absolute Gasteiger partial charge is 0.486 e. The van der Waals surface area contributed by atoms with Gasteiger partial charge in [0.1, 0.15) is 26.4 Å². The van der Waals surface area contributed by atoms with Gasteiger partial charge in [-0.15, -0.1) is 0 Å². The van der Waals surface area contributed by atoms with Gasteiger partial charge in [0, 0.05) is 11.1 Å². The number of ether oxygens (including phenoxy) is 4. The molecule has 0 amide bonds. The van der Waals surface area contributed by atoms with E-state index in [1.807, 2.05) is 48.6 Å². The lowest BCUT2D eigenvalue weighted by molar-refractivity contribution is -0.112. The Labute approximate surface area is 169 Å². The van der Waals surface area contributed by atoms with E-state index >= 15 is 0 Å². The average Bonchev–Trinajstić information content (AvgIpc) is 2.76. The monoisotopic (exact) mass is 390 g/mol. The maximum absolute atomic E-state index is 13.1. The van der Waals surface area contributed by atoms with Crippen LogP contribution in [0.1, 0.15) is 30.4 Å². The SMILES string of the molecule is O=C1/C(=C/c2ccc3c(c2)OCCO3)CCC/C1=C\c1ccc2c(c1)OCCO2. The fourth-order valence-corrected chi connectivity index (χ4v) is 3.88. The topological polar surface area (TPSA) is 54.0 Å². The van der Waals surface area contributed by atoms with Gasteiger partial charge in [0.2, 0.25) is 0 Å². The molecule has 5 heteroatoms. The summed E-state index contributed by atoms with van der Waals surface area (Å²) in [4.78, 5) is 13.1. The van der Waals surface area contributed by atoms with Crippen molar-refractivity contribution in [3.63, 3.8) is 0 Å². The van der Waals surface area contributed by atoms with Gasteiger partial charge in [0.15, 0.2) is 28.8 Å². The summed E-state index contributed by atoms with van der Waals surface area (Å²) in [6.07, 6.45) is 6.46. The number of carbonyl (C=O) groups excluding carboxylic acids is 1. The summed E-state index contributed by atoms with van der Waals surface area (Å²) in [6, 6.07) is 11.6. The predicted octanol–water partition coefficient (Wildman–Crippen LogP) is 4.45. The van der Waals surface area contributed by atoms with Crippen LogP contribution in [0.4, 0.5) is 0 Å². The Hall–Kier alpha value is -3.21. The molecule has 2 aromatic rings. The van der Waals surface area contributed by atoms with Gasteiger partial charge in [-0.05, 0) is 66.8 Å². The second-order valence-corrected chi connectivity index (χ2v) is 7.33. The maximum Gasteiger partial charge on any atom is 0.185 e. The zero-order valence-electron chi connectivity index (χ0n) is 16.1. The standard InChI is InChI=1S/C24H22O5/c25-24-18(12-16-4-6-20-22(14-16)28-10-8-26-20)2-1-3-19(24)13-17-5-7-21-23(15-17)29-11-9-27-21/h4-7,12-15H,1-3,8-11H2/b18-12+,19-13+. The molecule has 0 N–H and O–H groups in total. The van der Waals surface area contributed by atoms with Crippen LogP contribution in [0.15, 0.2) is 47.5 Å². The number of benzene rings is 2. The molecule has 2 aromatic carbocycles. The van der Waals surface area contributed by atoms with Crippen molar-refractivity contribution in [3.05, 3.63) is 58.7 Å². The van der Waals surface area contributed by atoms with Crippen LogP contribution < -0.4 is 18.9 Å². The molecule has 5 rings (SSSR count). The van der Waals surface area contributed by atoms with Crippen molar-refractivity contribution in [1.29, 1.82) is 0 Å². The molecule has 0 atom stereocenters. The van der Waals surface area contributed by atoms with Crippen LogP contribution in [0.3, 0.4) is 0 Å². The molecule has 29 heavy (non-hydrogen) atoms. The number of rotatable bonds is 2. The first-order valence-corrected chi connectivity index (χ1v) is 10.0. The number of fused-ring (bicyclic) bond motifs is 2. The van der Waals surface area contributed by atoms with Gasteiger partial charge < -0.3 is 18.9 Å². The quantitative estimate of drug-likeness (QED) is 0.709. The first-order valence-electron chi connectivity index (χ1n) is 10.0. The van der Waals surface area contributed by atoms with Crippen molar-refractivity contribution < 1.29 is 23.7 Å². The molecule has 5 nitrogen and oxygen atoms in total. The van der Waals surface area contributed by atoms with Crippen LogP contribution >= 0.6 is 0 Å². The van der Waals surface area contributed by atoms with Crippen LogP contribution in [-0.2, 0) is 4.79 Å². The summed E-state index contributed by atoms with van der Waals surface area (Å²) in [5.74, 6) is 3.10. The highest BCUT2D eigenvalue weighted by molar-refractivity contribution is 6.14. The van der Waals surface area contributed by atoms with E-state index in [1.165, 1.54) is 0 Å². The smallest absolute Gasteiger partial charge is 0.185 e. The molecule has 1 saturated carbocycles. The molecular weight excluding hydrogens is 368 g/mol. The van der Waals surface area contributed by atoms with Gasteiger partial charge in [-0.2, -0.15) is 0 Å². The molecule has 0 radical (unpaired) electrons. The van der Waals surface area contributed by atoms with Crippen molar-refractivity contribution in [2.75, 3.05) is 26.4 Å². The number of allylic oxidation sites excluding steroid dienone is 2. The first kappa shape index (κ1) is 17.9. The molecule has 148 valence electrons. The number of ketones is 1. The van der Waals surface area contributed by atoms with Crippen LogP contribution in [0.5, 0.6) is 23.0 Å². The van der Waals surface area contributed by atoms with E-state index in [0.29, 0.717) is 26.4 Å². The first-order chi connectivity index (χ1) is 14.3. The van der Waals surface area contributed by atoms with E-state index in [1.54, 1.807) is 0 Å². The zero-order chi connectivity index (χ0) is 19.6. The van der Waals surface area contributed by atoms with Crippen molar-refractivity contribution in [2.45, 2.75) is 19.3 Å². The highest BCUT2D eigenvalue weighted by Crippen LogP contribution is 2.35. The third-order valence-corrected chi connectivity index (χ3v) is 5.29. The molecule has 2 heterocycles. The minimum absolute atomic E-state index is 0.112. The van der Waals surface area contributed by atoms with Crippen LogP contribution in [-0.4, -0.2) is 32.2 Å². The number of Topliss-reactive ketones (excluding diaryl/α,β-unsaturated/α-hetero) is 1. The maximum atomic E-state index is 13.1. The molecule has 0 unspecified atom stereocenters. The van der Waals surface area contributed by atoms with Crippen molar-refractivity contribution in [3.8, 4) is 23.0 Å². The van der Waals surface area contributed by atoms with Crippen molar-refractivity contribution in [1.82, 2.24) is 0 Å². The van der Waals surface area contributed by atoms with Gasteiger partial charge >= 0.3 is 0 Å². The predicted molar refractivity (Wildman–Crippen MR) is 110 cm³/mol. The Balaban J connectivity index is 1.40. The van der Waals surface area contributed by atoms with E-state index in [2.05, 4.69) is 0 Å². The third-order valence-electron chi connectivity index (χ3n) is 5.29. The van der Waals surface area contributed by atoms with E-state index in [-0.39, 0.29) is 5.78 Å². The van der Waals surface area contributed by atoms with Crippen LogP contribution in [0.2, 0.25) is 0 Å². The lowest BCUT2D eigenvalue weighted by Gasteiger charge is -2.20. The van der Waals surface area contributed by atoms with E-state index < -0.39 is 0 Å².